The van der Waals surface area contributed by atoms with Crippen molar-refractivity contribution in [2.75, 3.05) is 0 Å². The minimum Gasteiger partial charge on any atom is -0.508 e. The Morgan fingerprint density at radius 1 is 0.750 bits per heavy atom. The molecule has 3 aromatic rings. The molecule has 0 unspecified atom stereocenters. The first-order valence-electron chi connectivity index (χ1n) is 9.72. The maximum Gasteiger partial charge on any atom is 0.166 e. The van der Waals surface area contributed by atoms with Crippen LogP contribution in [0.2, 0.25) is 19.1 Å². The van der Waals surface area contributed by atoms with E-state index in [0.29, 0.717) is 16.3 Å². The van der Waals surface area contributed by atoms with E-state index in [-0.39, 0.29) is 5.75 Å². The smallest absolute Gasteiger partial charge is 0.166 e. The molecule has 0 heterocycles. The van der Waals surface area contributed by atoms with E-state index in [4.69, 9.17) is 0 Å². The van der Waals surface area contributed by atoms with Gasteiger partial charge in [-0.25, -0.2) is 8.78 Å². The van der Waals surface area contributed by atoms with Crippen molar-refractivity contribution >= 4 is 13.3 Å². The maximum atomic E-state index is 14.9. The van der Waals surface area contributed by atoms with Crippen LogP contribution in [0, 0.1) is 11.6 Å². The first-order chi connectivity index (χ1) is 13.3. The minimum atomic E-state index is -1.99. The normalized spacial score (nSPS) is 11.6. The second kappa shape index (κ2) is 8.27. The van der Waals surface area contributed by atoms with Crippen molar-refractivity contribution < 1.29 is 13.9 Å². The van der Waals surface area contributed by atoms with Crippen LogP contribution in [-0.2, 0) is 0 Å². The predicted octanol–water partition coefficient (Wildman–Crippen LogP) is 6.72. The first kappa shape index (κ1) is 20.3. The number of unbranched alkanes of at least 4 members (excludes halogenated alkanes) is 1. The number of benzene rings is 3. The lowest BCUT2D eigenvalue weighted by molar-refractivity contribution is 0.475. The number of hydrogen-bond donors (Lipinski definition) is 1. The summed E-state index contributed by atoms with van der Waals surface area (Å²) >= 11 is 0. The van der Waals surface area contributed by atoms with Crippen LogP contribution in [-0.4, -0.2) is 13.2 Å². The molecule has 4 heteroatoms. The van der Waals surface area contributed by atoms with Crippen LogP contribution >= 0.6 is 0 Å². The van der Waals surface area contributed by atoms with Gasteiger partial charge in [0.05, 0.1) is 8.07 Å². The Morgan fingerprint density at radius 3 is 1.86 bits per heavy atom. The van der Waals surface area contributed by atoms with Crippen molar-refractivity contribution in [1.82, 2.24) is 0 Å². The zero-order valence-electron chi connectivity index (χ0n) is 16.6. The SMILES string of the molecule is CCCC[Si](C)(C)c1ccc(-c2ccc(-c3ccc(O)cc3)cc2)c(F)c1F. The molecule has 28 heavy (non-hydrogen) atoms. The number of halogens is 2. The summed E-state index contributed by atoms with van der Waals surface area (Å²) in [7, 11) is -1.99. The van der Waals surface area contributed by atoms with Crippen molar-refractivity contribution in [2.45, 2.75) is 38.9 Å². The lowest BCUT2D eigenvalue weighted by Crippen LogP contribution is -2.43. The monoisotopic (exact) mass is 396 g/mol. The highest BCUT2D eigenvalue weighted by Gasteiger charge is 2.28. The third-order valence-corrected chi connectivity index (χ3v) is 8.81. The molecule has 0 bridgehead atoms. The molecule has 1 N–H and O–H groups in total. The number of hydrogen-bond acceptors (Lipinski definition) is 1. The Hall–Kier alpha value is -2.46. The van der Waals surface area contributed by atoms with Gasteiger partial charge in [-0.3, -0.25) is 0 Å². The molecule has 1 nitrogen and oxygen atoms in total. The quantitative estimate of drug-likeness (QED) is 0.459. The fourth-order valence-corrected chi connectivity index (χ4v) is 6.29. The zero-order valence-corrected chi connectivity index (χ0v) is 17.6. The molecule has 0 spiro atoms. The molecule has 0 aromatic heterocycles. The minimum absolute atomic E-state index is 0.211. The molecule has 0 aliphatic heterocycles. The van der Waals surface area contributed by atoms with Crippen LogP contribution in [0.1, 0.15) is 19.8 Å². The number of rotatable bonds is 6. The molecule has 3 rings (SSSR count). The van der Waals surface area contributed by atoms with E-state index in [2.05, 4.69) is 20.0 Å². The number of phenols is 1. The van der Waals surface area contributed by atoms with Gasteiger partial charge in [-0.05, 0) is 34.0 Å². The van der Waals surface area contributed by atoms with Gasteiger partial charge in [-0.15, -0.1) is 0 Å². The summed E-state index contributed by atoms with van der Waals surface area (Å²) in [5.74, 6) is -1.23. The highest BCUT2D eigenvalue weighted by molar-refractivity contribution is 6.89. The average Bonchev–Trinajstić information content (AvgIpc) is 2.69. The van der Waals surface area contributed by atoms with Crippen molar-refractivity contribution in [3.05, 3.63) is 72.3 Å². The summed E-state index contributed by atoms with van der Waals surface area (Å²) < 4.78 is 29.8. The fourth-order valence-electron chi connectivity index (χ4n) is 3.54. The summed E-state index contributed by atoms with van der Waals surface area (Å²) in [6.45, 7) is 6.33. The average molecular weight is 397 g/mol. The molecule has 0 saturated carbocycles. The topological polar surface area (TPSA) is 20.2 Å². The van der Waals surface area contributed by atoms with Crippen LogP contribution in [0.3, 0.4) is 0 Å². The molecule has 0 aliphatic carbocycles. The lowest BCUT2D eigenvalue weighted by Gasteiger charge is -2.24. The van der Waals surface area contributed by atoms with Crippen LogP contribution in [0.25, 0.3) is 22.3 Å². The van der Waals surface area contributed by atoms with E-state index in [9.17, 15) is 13.9 Å². The van der Waals surface area contributed by atoms with Gasteiger partial charge in [0.15, 0.2) is 11.6 Å². The van der Waals surface area contributed by atoms with Gasteiger partial charge >= 0.3 is 0 Å². The zero-order chi connectivity index (χ0) is 20.3. The van der Waals surface area contributed by atoms with Gasteiger partial charge in [-0.1, -0.05) is 87.4 Å². The summed E-state index contributed by atoms with van der Waals surface area (Å²) in [6, 6.07) is 18.7. The van der Waals surface area contributed by atoms with E-state index >= 15 is 0 Å². The Morgan fingerprint density at radius 2 is 1.29 bits per heavy atom. The van der Waals surface area contributed by atoms with Gasteiger partial charge in [0.2, 0.25) is 0 Å². The Kier molecular flexibility index (Phi) is 5.99. The Bertz CT molecular complexity index is 948. The van der Waals surface area contributed by atoms with Gasteiger partial charge in [0.25, 0.3) is 0 Å². The van der Waals surface area contributed by atoms with E-state index in [1.165, 1.54) is 0 Å². The standard InChI is InChI=1S/C24H26F2OSi/c1-4-5-16-28(2,3)22-15-14-21(23(25)24(22)26)19-8-6-17(7-9-19)18-10-12-20(27)13-11-18/h6-15,27H,4-5,16H2,1-3H3. The molecule has 3 aromatic carbocycles. The summed E-state index contributed by atoms with van der Waals surface area (Å²) in [5, 5.41) is 9.98. The van der Waals surface area contributed by atoms with Gasteiger partial charge in [0, 0.05) is 5.56 Å². The van der Waals surface area contributed by atoms with Crippen LogP contribution in [0.15, 0.2) is 60.7 Å². The molecular formula is C24H26F2OSi. The molecule has 0 fully saturated rings. The second-order valence-corrected chi connectivity index (χ2v) is 12.7. The van der Waals surface area contributed by atoms with E-state index in [1.54, 1.807) is 36.4 Å². The molecule has 0 aliphatic rings. The Balaban J connectivity index is 1.92. The molecule has 146 valence electrons. The Labute approximate surface area is 166 Å². The third kappa shape index (κ3) is 4.17. The summed E-state index contributed by atoms with van der Waals surface area (Å²) in [6.07, 6.45) is 2.10. The molecule has 0 radical (unpaired) electrons. The van der Waals surface area contributed by atoms with Gasteiger partial charge in [-0.2, -0.15) is 0 Å². The molecule has 0 amide bonds. The van der Waals surface area contributed by atoms with Crippen molar-refractivity contribution in [1.29, 1.82) is 0 Å². The summed E-state index contributed by atoms with van der Waals surface area (Å²) in [5.41, 5.74) is 2.85. The first-order valence-corrected chi connectivity index (χ1v) is 12.9. The lowest BCUT2D eigenvalue weighted by atomic mass is 10.00. The van der Waals surface area contributed by atoms with Crippen molar-refractivity contribution in [2.24, 2.45) is 0 Å². The van der Waals surface area contributed by atoms with E-state index < -0.39 is 19.7 Å². The summed E-state index contributed by atoms with van der Waals surface area (Å²) in [4.78, 5) is 0. The highest BCUT2D eigenvalue weighted by Crippen LogP contribution is 2.29. The highest BCUT2D eigenvalue weighted by atomic mass is 28.3. The third-order valence-electron chi connectivity index (χ3n) is 5.36. The van der Waals surface area contributed by atoms with E-state index in [0.717, 1.165) is 30.0 Å². The van der Waals surface area contributed by atoms with Gasteiger partial charge in [0.1, 0.15) is 5.75 Å². The molecule has 0 atom stereocenters. The second-order valence-electron chi connectivity index (χ2n) is 7.90. The van der Waals surface area contributed by atoms with Crippen molar-refractivity contribution in [3.8, 4) is 28.0 Å². The maximum absolute atomic E-state index is 14.9. The molecule has 0 saturated heterocycles. The molecular weight excluding hydrogens is 370 g/mol. The van der Waals surface area contributed by atoms with Gasteiger partial charge < -0.3 is 5.11 Å². The number of aromatic hydroxyl groups is 1. The fraction of sp³-hybridized carbons (Fsp3) is 0.250. The predicted molar refractivity (Wildman–Crippen MR) is 116 cm³/mol. The van der Waals surface area contributed by atoms with E-state index in [1.807, 2.05) is 24.3 Å². The van der Waals surface area contributed by atoms with Crippen LogP contribution in [0.5, 0.6) is 5.75 Å². The number of phenolic OH excluding ortho intramolecular Hbond substituents is 1. The van der Waals surface area contributed by atoms with Crippen molar-refractivity contribution in [3.63, 3.8) is 0 Å². The van der Waals surface area contributed by atoms with Crippen LogP contribution in [0.4, 0.5) is 8.78 Å². The van der Waals surface area contributed by atoms with Crippen LogP contribution < -0.4 is 5.19 Å². The largest absolute Gasteiger partial charge is 0.508 e.